The van der Waals surface area contributed by atoms with Gasteiger partial charge in [0.15, 0.2) is 11.6 Å². The second-order valence-electron chi connectivity index (χ2n) is 3.86. The van der Waals surface area contributed by atoms with Crippen LogP contribution in [-0.4, -0.2) is 9.97 Å². The van der Waals surface area contributed by atoms with Crippen LogP contribution in [0, 0.1) is 0 Å². The van der Waals surface area contributed by atoms with Crippen molar-refractivity contribution < 1.29 is 26.3 Å². The van der Waals surface area contributed by atoms with Crippen LogP contribution < -0.4 is 5.32 Å². The maximum Gasteiger partial charge on any atom is 0.420 e. The number of hydrogen-bond donors (Lipinski definition) is 0. The molecule has 0 aliphatic rings. The van der Waals surface area contributed by atoms with E-state index in [0.29, 0.717) is 12.1 Å². The summed E-state index contributed by atoms with van der Waals surface area (Å²) in [5.74, 6) is -1.73. The van der Waals surface area contributed by atoms with Gasteiger partial charge >= 0.3 is 12.4 Å². The van der Waals surface area contributed by atoms with E-state index in [2.05, 4.69) is 15.3 Å². The highest BCUT2D eigenvalue weighted by Gasteiger charge is 2.37. The lowest BCUT2D eigenvalue weighted by molar-refractivity contribution is -0.137. The molecule has 0 saturated heterocycles. The number of aromatic nitrogens is 2. The number of alkyl halides is 6. The minimum atomic E-state index is -4.78. The molecule has 9 heteroatoms. The molecular weight excluding hydrogens is 300 g/mol. The van der Waals surface area contributed by atoms with E-state index in [1.54, 1.807) is 0 Å². The minimum absolute atomic E-state index is 0.683. The van der Waals surface area contributed by atoms with E-state index in [-0.39, 0.29) is 0 Å². The molecule has 0 aliphatic heterocycles. The molecule has 2 aromatic heterocycles. The van der Waals surface area contributed by atoms with E-state index < -0.39 is 35.1 Å². The van der Waals surface area contributed by atoms with Gasteiger partial charge in [0, 0.05) is 12.4 Å². The summed E-state index contributed by atoms with van der Waals surface area (Å²) in [6, 6.07) is 3.40. The Kier molecular flexibility index (Phi) is 3.75. The van der Waals surface area contributed by atoms with E-state index in [1.807, 2.05) is 0 Å². The van der Waals surface area contributed by atoms with Crippen molar-refractivity contribution in [3.8, 4) is 0 Å². The molecule has 0 bridgehead atoms. The molecule has 2 rings (SSSR count). The molecule has 0 fully saturated rings. The Hall–Kier alpha value is -2.32. The van der Waals surface area contributed by atoms with Crippen LogP contribution in [0.3, 0.4) is 0 Å². The van der Waals surface area contributed by atoms with Crippen LogP contribution in [0.25, 0.3) is 0 Å². The van der Waals surface area contributed by atoms with Crippen LogP contribution in [0.1, 0.15) is 11.1 Å². The lowest BCUT2D eigenvalue weighted by atomic mass is 10.2. The van der Waals surface area contributed by atoms with Gasteiger partial charge < -0.3 is 0 Å². The number of nitrogens with zero attached hydrogens (tertiary/aromatic N) is 3. The number of halogens is 6. The van der Waals surface area contributed by atoms with Crippen molar-refractivity contribution >= 4 is 11.6 Å². The molecule has 0 amide bonds. The Labute approximate surface area is 114 Å². The van der Waals surface area contributed by atoms with Crippen molar-refractivity contribution in [1.29, 1.82) is 0 Å². The molecule has 21 heavy (non-hydrogen) atoms. The first kappa shape index (κ1) is 15.1. The largest absolute Gasteiger partial charge is 0.420 e. The number of hydrogen-bond acceptors (Lipinski definition) is 2. The van der Waals surface area contributed by atoms with Gasteiger partial charge in [0.1, 0.15) is 11.1 Å². The molecule has 0 N–H and O–H groups in total. The topological polar surface area (TPSA) is 39.9 Å². The Balaban J connectivity index is 2.45. The number of pyridine rings is 2. The maximum atomic E-state index is 12.7. The predicted molar refractivity (Wildman–Crippen MR) is 59.9 cm³/mol. The zero-order valence-electron chi connectivity index (χ0n) is 10.1. The summed E-state index contributed by atoms with van der Waals surface area (Å²) in [7, 11) is 0. The third-order valence-electron chi connectivity index (χ3n) is 2.40. The summed E-state index contributed by atoms with van der Waals surface area (Å²) in [4.78, 5) is 6.74. The third-order valence-corrected chi connectivity index (χ3v) is 2.40. The average Bonchev–Trinajstić information content (AvgIpc) is 2.37. The van der Waals surface area contributed by atoms with Crippen LogP contribution >= 0.6 is 0 Å². The normalized spacial score (nSPS) is 12.3. The highest BCUT2D eigenvalue weighted by molar-refractivity contribution is 5.50. The monoisotopic (exact) mass is 306 g/mol. The van der Waals surface area contributed by atoms with Crippen LogP contribution in [-0.2, 0) is 12.4 Å². The van der Waals surface area contributed by atoms with Crippen molar-refractivity contribution in [2.75, 3.05) is 0 Å². The molecule has 0 spiro atoms. The molecule has 0 atom stereocenters. The molecule has 0 aliphatic carbocycles. The van der Waals surface area contributed by atoms with E-state index in [4.69, 9.17) is 0 Å². The summed E-state index contributed by atoms with van der Waals surface area (Å²) >= 11 is 0. The van der Waals surface area contributed by atoms with Gasteiger partial charge in [0.05, 0.1) is 0 Å². The standard InChI is InChI=1S/C12H6F6N3/c13-11(14,15)7-3-1-5-19-9(7)21-10-8(12(16,17)18)4-2-6-20-10/h1-6H. The van der Waals surface area contributed by atoms with Crippen LogP contribution in [0.4, 0.5) is 38.0 Å². The van der Waals surface area contributed by atoms with Crippen molar-refractivity contribution in [1.82, 2.24) is 15.3 Å². The predicted octanol–water partition coefficient (Wildman–Crippen LogP) is 4.08. The molecule has 1 radical (unpaired) electrons. The summed E-state index contributed by atoms with van der Waals surface area (Å²) in [6.07, 6.45) is -7.55. The van der Waals surface area contributed by atoms with Gasteiger partial charge in [-0.15, -0.1) is 0 Å². The Bertz CT molecular complexity index is 580. The zero-order valence-corrected chi connectivity index (χ0v) is 10.1. The second-order valence-corrected chi connectivity index (χ2v) is 3.86. The molecule has 2 heterocycles. The Morgan fingerprint density at radius 3 is 1.43 bits per heavy atom. The van der Waals surface area contributed by atoms with Crippen LogP contribution in [0.15, 0.2) is 36.7 Å². The first-order valence-corrected chi connectivity index (χ1v) is 5.46. The quantitative estimate of drug-likeness (QED) is 0.784. The summed E-state index contributed by atoms with van der Waals surface area (Å²) in [6.45, 7) is 0. The average molecular weight is 306 g/mol. The molecule has 0 saturated carbocycles. The highest BCUT2D eigenvalue weighted by Crippen LogP contribution is 2.38. The lowest BCUT2D eigenvalue weighted by Crippen LogP contribution is -2.13. The van der Waals surface area contributed by atoms with Gasteiger partial charge in [-0.2, -0.15) is 26.3 Å². The fourth-order valence-electron chi connectivity index (χ4n) is 1.51. The molecule has 3 nitrogen and oxygen atoms in total. The molecule has 111 valence electrons. The van der Waals surface area contributed by atoms with E-state index >= 15 is 0 Å². The van der Waals surface area contributed by atoms with Crippen LogP contribution in [0.5, 0.6) is 0 Å². The van der Waals surface area contributed by atoms with Crippen molar-refractivity contribution in [2.24, 2.45) is 0 Å². The van der Waals surface area contributed by atoms with Gasteiger partial charge in [-0.25, -0.2) is 15.3 Å². The first-order valence-electron chi connectivity index (χ1n) is 5.46. The Morgan fingerprint density at radius 1 is 0.714 bits per heavy atom. The van der Waals surface area contributed by atoms with E-state index in [9.17, 15) is 26.3 Å². The SMILES string of the molecule is FC(F)(F)c1cccnc1[N]c1ncccc1C(F)(F)F. The van der Waals surface area contributed by atoms with Gasteiger partial charge in [-0.05, 0) is 24.3 Å². The fourth-order valence-corrected chi connectivity index (χ4v) is 1.51. The molecular formula is C12H6F6N3. The maximum absolute atomic E-state index is 12.7. The third kappa shape index (κ3) is 3.41. The number of rotatable bonds is 2. The molecule has 0 aromatic carbocycles. The zero-order chi connectivity index (χ0) is 15.7. The minimum Gasteiger partial charge on any atom is -0.237 e. The molecule has 0 unspecified atom stereocenters. The smallest absolute Gasteiger partial charge is 0.237 e. The highest BCUT2D eigenvalue weighted by atomic mass is 19.4. The Morgan fingerprint density at radius 2 is 1.10 bits per heavy atom. The summed E-state index contributed by atoms with van der Waals surface area (Å²) in [5, 5.41) is 3.31. The van der Waals surface area contributed by atoms with Crippen LogP contribution in [0.2, 0.25) is 0 Å². The summed E-state index contributed by atoms with van der Waals surface area (Å²) in [5.41, 5.74) is -2.47. The first-order chi connectivity index (χ1) is 9.69. The van der Waals surface area contributed by atoms with E-state index in [1.165, 1.54) is 0 Å². The lowest BCUT2D eigenvalue weighted by Gasteiger charge is -2.13. The van der Waals surface area contributed by atoms with Crippen molar-refractivity contribution in [2.45, 2.75) is 12.4 Å². The second kappa shape index (κ2) is 5.23. The van der Waals surface area contributed by atoms with Crippen molar-refractivity contribution in [3.63, 3.8) is 0 Å². The summed E-state index contributed by atoms with van der Waals surface area (Å²) < 4.78 is 76.5. The van der Waals surface area contributed by atoms with Crippen molar-refractivity contribution in [3.05, 3.63) is 47.8 Å². The van der Waals surface area contributed by atoms with Gasteiger partial charge in [0.25, 0.3) is 0 Å². The van der Waals surface area contributed by atoms with Gasteiger partial charge in [-0.1, -0.05) is 0 Å². The van der Waals surface area contributed by atoms with E-state index in [0.717, 1.165) is 24.5 Å². The van der Waals surface area contributed by atoms with Gasteiger partial charge in [0.2, 0.25) is 0 Å². The fraction of sp³-hybridized carbons (Fsp3) is 0.167. The molecule has 2 aromatic rings. The van der Waals surface area contributed by atoms with Gasteiger partial charge in [-0.3, -0.25) is 0 Å².